The number of nitrogens with zero attached hydrogens (tertiary/aromatic N) is 2. The summed E-state index contributed by atoms with van der Waals surface area (Å²) in [6.07, 6.45) is 0. The van der Waals surface area contributed by atoms with Crippen LogP contribution in [0.2, 0.25) is 5.02 Å². The molecule has 1 aromatic heterocycles. The lowest BCUT2D eigenvalue weighted by atomic mass is 10.2. The maximum atomic E-state index is 13.0. The highest BCUT2D eigenvalue weighted by atomic mass is 35.5. The lowest BCUT2D eigenvalue weighted by Crippen LogP contribution is -2.11. The number of hydrogen-bond acceptors (Lipinski definition) is 4. The normalized spacial score (nSPS) is 10.7. The van der Waals surface area contributed by atoms with Crippen molar-refractivity contribution in [2.45, 2.75) is 0 Å². The maximum absolute atomic E-state index is 13.0. The topological polar surface area (TPSA) is 54.9 Å². The summed E-state index contributed by atoms with van der Waals surface area (Å²) in [7, 11) is 0. The van der Waals surface area contributed by atoms with Crippen LogP contribution >= 0.6 is 23.3 Å². The second kappa shape index (κ2) is 5.15. The first kappa shape index (κ1) is 13.0. The quantitative estimate of drug-likeness (QED) is 0.784. The summed E-state index contributed by atoms with van der Waals surface area (Å²) in [5.41, 5.74) is 2.29. The zero-order valence-corrected chi connectivity index (χ0v) is 11.5. The Balaban J connectivity index is 1.86. The predicted octanol–water partition coefficient (Wildman–Crippen LogP) is 3.74. The number of halogens is 2. The van der Waals surface area contributed by atoms with Gasteiger partial charge in [-0.2, -0.15) is 8.75 Å². The third-order valence-corrected chi connectivity index (χ3v) is 3.54. The van der Waals surface area contributed by atoms with Crippen molar-refractivity contribution in [3.8, 4) is 0 Å². The van der Waals surface area contributed by atoms with Gasteiger partial charge >= 0.3 is 0 Å². The lowest BCUT2D eigenvalue weighted by molar-refractivity contribution is 0.102. The zero-order chi connectivity index (χ0) is 14.1. The number of fused-ring (bicyclic) bond motifs is 1. The van der Waals surface area contributed by atoms with Crippen molar-refractivity contribution in [2.24, 2.45) is 0 Å². The van der Waals surface area contributed by atoms with Crippen LogP contribution in [0.5, 0.6) is 0 Å². The van der Waals surface area contributed by atoms with E-state index in [1.807, 2.05) is 0 Å². The molecule has 0 aliphatic carbocycles. The van der Waals surface area contributed by atoms with Crippen LogP contribution < -0.4 is 5.32 Å². The average molecular weight is 308 g/mol. The van der Waals surface area contributed by atoms with Gasteiger partial charge in [-0.3, -0.25) is 4.79 Å². The molecular weight excluding hydrogens is 301 g/mol. The van der Waals surface area contributed by atoms with Crippen molar-refractivity contribution in [2.75, 3.05) is 5.32 Å². The van der Waals surface area contributed by atoms with Gasteiger partial charge in [-0.15, -0.1) is 0 Å². The van der Waals surface area contributed by atoms with Gasteiger partial charge < -0.3 is 5.32 Å². The summed E-state index contributed by atoms with van der Waals surface area (Å²) in [4.78, 5) is 12.1. The third kappa shape index (κ3) is 2.48. The highest BCUT2D eigenvalue weighted by molar-refractivity contribution is 7.00. The number of amides is 1. The summed E-state index contributed by atoms with van der Waals surface area (Å²) in [5, 5.41) is 2.61. The molecule has 100 valence electrons. The first-order valence-electron chi connectivity index (χ1n) is 5.62. The van der Waals surface area contributed by atoms with Gasteiger partial charge in [-0.05, 0) is 36.4 Å². The molecule has 0 saturated carbocycles. The van der Waals surface area contributed by atoms with E-state index in [1.165, 1.54) is 18.2 Å². The van der Waals surface area contributed by atoms with Gasteiger partial charge in [0.05, 0.1) is 16.8 Å². The van der Waals surface area contributed by atoms with Crippen LogP contribution in [0.15, 0.2) is 36.4 Å². The minimum absolute atomic E-state index is 0.0399. The number of rotatable bonds is 2. The van der Waals surface area contributed by atoms with E-state index in [-0.39, 0.29) is 10.9 Å². The van der Waals surface area contributed by atoms with Crippen LogP contribution in [0.25, 0.3) is 11.0 Å². The fraction of sp³-hybridized carbons (Fsp3) is 0. The summed E-state index contributed by atoms with van der Waals surface area (Å²) < 4.78 is 21.2. The molecule has 3 aromatic rings. The van der Waals surface area contributed by atoms with Gasteiger partial charge in [0.2, 0.25) is 0 Å². The highest BCUT2D eigenvalue weighted by Gasteiger charge is 2.09. The van der Waals surface area contributed by atoms with E-state index in [1.54, 1.807) is 18.2 Å². The molecule has 0 fully saturated rings. The molecule has 0 unspecified atom stereocenters. The van der Waals surface area contributed by atoms with E-state index in [4.69, 9.17) is 11.6 Å². The van der Waals surface area contributed by atoms with Crippen molar-refractivity contribution in [3.05, 3.63) is 52.8 Å². The van der Waals surface area contributed by atoms with Crippen LogP contribution in [0.3, 0.4) is 0 Å². The molecule has 2 aromatic carbocycles. The van der Waals surface area contributed by atoms with Crippen LogP contribution in [-0.2, 0) is 0 Å². The van der Waals surface area contributed by atoms with E-state index >= 15 is 0 Å². The van der Waals surface area contributed by atoms with E-state index in [2.05, 4.69) is 14.1 Å². The van der Waals surface area contributed by atoms with E-state index in [0.717, 1.165) is 17.2 Å². The van der Waals surface area contributed by atoms with Gasteiger partial charge in [-0.1, -0.05) is 11.6 Å². The number of carbonyl (C=O) groups is 1. The Bertz CT molecular complexity index is 805. The van der Waals surface area contributed by atoms with Gasteiger partial charge in [0, 0.05) is 11.3 Å². The van der Waals surface area contributed by atoms with Crippen LogP contribution in [-0.4, -0.2) is 14.7 Å². The second-order valence-corrected chi connectivity index (χ2v) is 4.99. The standard InChI is InChI=1S/C13H7ClFN3OS/c14-9-6-8(2-3-10(9)15)16-13(19)7-1-4-11-12(5-7)18-20-17-11/h1-6H,(H,16,19). The van der Waals surface area contributed by atoms with Crippen molar-refractivity contribution in [1.29, 1.82) is 0 Å². The summed E-state index contributed by atoms with van der Waals surface area (Å²) >= 11 is 6.75. The lowest BCUT2D eigenvalue weighted by Gasteiger charge is -2.06. The van der Waals surface area contributed by atoms with Crippen molar-refractivity contribution in [1.82, 2.24) is 8.75 Å². The second-order valence-electron chi connectivity index (χ2n) is 4.05. The molecule has 0 aliphatic rings. The molecule has 1 N–H and O–H groups in total. The first-order chi connectivity index (χ1) is 9.63. The smallest absolute Gasteiger partial charge is 0.255 e. The largest absolute Gasteiger partial charge is 0.322 e. The Morgan fingerprint density at radius 2 is 1.95 bits per heavy atom. The van der Waals surface area contributed by atoms with Crippen molar-refractivity contribution in [3.63, 3.8) is 0 Å². The molecule has 0 aliphatic heterocycles. The molecule has 0 bridgehead atoms. The number of anilines is 1. The molecular formula is C13H7ClFN3OS. The summed E-state index contributed by atoms with van der Waals surface area (Å²) in [6, 6.07) is 9.04. The fourth-order valence-corrected chi connectivity index (χ4v) is 2.40. The van der Waals surface area contributed by atoms with E-state index in [9.17, 15) is 9.18 Å². The molecule has 0 radical (unpaired) electrons. The zero-order valence-electron chi connectivity index (χ0n) is 9.93. The minimum atomic E-state index is -0.528. The average Bonchev–Trinajstić information content (AvgIpc) is 2.90. The highest BCUT2D eigenvalue weighted by Crippen LogP contribution is 2.20. The third-order valence-electron chi connectivity index (χ3n) is 2.69. The Morgan fingerprint density at radius 1 is 1.15 bits per heavy atom. The number of nitrogens with one attached hydrogen (secondary N) is 1. The molecule has 0 atom stereocenters. The summed E-state index contributed by atoms with van der Waals surface area (Å²) in [6.45, 7) is 0. The van der Waals surface area contributed by atoms with E-state index in [0.29, 0.717) is 16.8 Å². The van der Waals surface area contributed by atoms with Crippen LogP contribution in [0.1, 0.15) is 10.4 Å². The first-order valence-corrected chi connectivity index (χ1v) is 6.73. The van der Waals surface area contributed by atoms with Crippen molar-refractivity contribution < 1.29 is 9.18 Å². The predicted molar refractivity (Wildman–Crippen MR) is 76.8 cm³/mol. The molecule has 20 heavy (non-hydrogen) atoms. The molecule has 0 saturated heterocycles. The number of benzene rings is 2. The Morgan fingerprint density at radius 3 is 2.75 bits per heavy atom. The molecule has 0 spiro atoms. The number of hydrogen-bond donors (Lipinski definition) is 1. The number of carbonyl (C=O) groups excluding carboxylic acids is 1. The minimum Gasteiger partial charge on any atom is -0.322 e. The Labute approximate surface area is 122 Å². The van der Waals surface area contributed by atoms with Gasteiger partial charge in [0.25, 0.3) is 5.91 Å². The molecule has 7 heteroatoms. The maximum Gasteiger partial charge on any atom is 0.255 e. The molecule has 3 rings (SSSR count). The SMILES string of the molecule is O=C(Nc1ccc(F)c(Cl)c1)c1ccc2nsnc2c1. The van der Waals surface area contributed by atoms with Gasteiger partial charge in [-0.25, -0.2) is 4.39 Å². The van der Waals surface area contributed by atoms with E-state index < -0.39 is 5.82 Å². The number of aromatic nitrogens is 2. The van der Waals surface area contributed by atoms with Crippen LogP contribution in [0.4, 0.5) is 10.1 Å². The Kier molecular flexibility index (Phi) is 3.33. The molecule has 1 amide bonds. The van der Waals surface area contributed by atoms with Gasteiger partial charge in [0.1, 0.15) is 16.9 Å². The van der Waals surface area contributed by atoms with Gasteiger partial charge in [0.15, 0.2) is 0 Å². The summed E-state index contributed by atoms with van der Waals surface area (Å²) in [5.74, 6) is -0.845. The van der Waals surface area contributed by atoms with Crippen molar-refractivity contribution >= 4 is 46.0 Å². The van der Waals surface area contributed by atoms with Crippen LogP contribution in [0, 0.1) is 5.82 Å². The monoisotopic (exact) mass is 307 g/mol. The molecule has 4 nitrogen and oxygen atoms in total. The Hall–Kier alpha value is -2.05. The molecule has 1 heterocycles. The fourth-order valence-electron chi connectivity index (χ4n) is 1.70.